The number of carbonyl (C=O) groups is 1. The Morgan fingerprint density at radius 2 is 1.95 bits per heavy atom. The van der Waals surface area contributed by atoms with Gasteiger partial charge in [-0.2, -0.15) is 0 Å². The van der Waals surface area contributed by atoms with Gasteiger partial charge in [0, 0.05) is 24.0 Å². The maximum Gasteiger partial charge on any atom is 0.273 e. The van der Waals surface area contributed by atoms with E-state index in [0.29, 0.717) is 5.56 Å². The fraction of sp³-hybridized carbons (Fsp3) is 0.154. The zero-order chi connectivity index (χ0) is 15.9. The number of hydrogen-bond donors (Lipinski definition) is 3. The summed E-state index contributed by atoms with van der Waals surface area (Å²) in [4.78, 5) is 39.9. The number of rotatable bonds is 2. The number of anilines is 1. The van der Waals surface area contributed by atoms with E-state index < -0.39 is 16.4 Å². The first-order valence-electron chi connectivity index (χ1n) is 6.37. The van der Waals surface area contributed by atoms with Gasteiger partial charge in [0.15, 0.2) is 4.77 Å². The van der Waals surface area contributed by atoms with Crippen molar-refractivity contribution in [2.24, 2.45) is 0 Å². The number of nitro benzene ring substituents is 1. The van der Waals surface area contributed by atoms with Crippen LogP contribution in [0.5, 0.6) is 0 Å². The smallest absolute Gasteiger partial charge is 0.273 e. The number of aromatic amines is 2. The average Bonchev–Trinajstić information content (AvgIpc) is 2.45. The summed E-state index contributed by atoms with van der Waals surface area (Å²) in [6.07, 6.45) is -0.0501. The van der Waals surface area contributed by atoms with Crippen molar-refractivity contribution in [2.75, 3.05) is 5.32 Å². The van der Waals surface area contributed by atoms with Gasteiger partial charge >= 0.3 is 0 Å². The predicted molar refractivity (Wildman–Crippen MR) is 80.4 cm³/mol. The fourth-order valence-electron chi connectivity index (χ4n) is 2.62. The summed E-state index contributed by atoms with van der Waals surface area (Å²) >= 11 is 4.88. The lowest BCUT2D eigenvalue weighted by Crippen LogP contribution is -2.31. The highest BCUT2D eigenvalue weighted by Crippen LogP contribution is 2.37. The maximum atomic E-state index is 12.2. The second-order valence-electron chi connectivity index (χ2n) is 4.82. The number of carbonyl (C=O) groups excluding carboxylic acids is 1. The number of aromatic nitrogens is 2. The van der Waals surface area contributed by atoms with Crippen molar-refractivity contribution in [1.82, 2.24) is 9.97 Å². The summed E-state index contributed by atoms with van der Waals surface area (Å²) in [6.45, 7) is 0. The van der Waals surface area contributed by atoms with Gasteiger partial charge in [0.1, 0.15) is 5.82 Å². The molecule has 0 saturated carbocycles. The van der Waals surface area contributed by atoms with E-state index in [0.717, 1.165) is 0 Å². The van der Waals surface area contributed by atoms with Crippen LogP contribution in [0.3, 0.4) is 0 Å². The Morgan fingerprint density at radius 1 is 1.23 bits per heavy atom. The predicted octanol–water partition coefficient (Wildman–Crippen LogP) is 1.81. The van der Waals surface area contributed by atoms with Crippen molar-refractivity contribution in [1.29, 1.82) is 0 Å². The molecule has 1 unspecified atom stereocenters. The van der Waals surface area contributed by atoms with Crippen molar-refractivity contribution in [2.45, 2.75) is 12.3 Å². The van der Waals surface area contributed by atoms with E-state index in [9.17, 15) is 19.7 Å². The molecule has 22 heavy (non-hydrogen) atoms. The molecule has 8 nitrogen and oxygen atoms in total. The molecule has 1 aliphatic heterocycles. The second-order valence-corrected chi connectivity index (χ2v) is 5.23. The third-order valence-corrected chi connectivity index (χ3v) is 3.69. The quantitative estimate of drug-likeness (QED) is 0.443. The summed E-state index contributed by atoms with van der Waals surface area (Å²) in [5, 5.41) is 13.7. The lowest BCUT2D eigenvalue weighted by molar-refractivity contribution is -0.385. The third-order valence-electron chi connectivity index (χ3n) is 3.49. The van der Waals surface area contributed by atoms with Crippen LogP contribution in [0.1, 0.15) is 23.5 Å². The molecule has 1 atom stereocenters. The highest BCUT2D eigenvalue weighted by molar-refractivity contribution is 7.71. The van der Waals surface area contributed by atoms with Crippen LogP contribution in [0.25, 0.3) is 0 Å². The Bertz CT molecular complexity index is 901. The molecule has 1 amide bonds. The van der Waals surface area contributed by atoms with Gasteiger partial charge in [0.05, 0.1) is 10.5 Å². The monoisotopic (exact) mass is 318 g/mol. The van der Waals surface area contributed by atoms with Crippen LogP contribution in [0.2, 0.25) is 0 Å². The van der Waals surface area contributed by atoms with E-state index in [2.05, 4.69) is 15.3 Å². The zero-order valence-corrected chi connectivity index (χ0v) is 11.9. The van der Waals surface area contributed by atoms with Gasteiger partial charge in [-0.25, -0.2) is 0 Å². The summed E-state index contributed by atoms with van der Waals surface area (Å²) in [7, 11) is 0. The summed E-state index contributed by atoms with van der Waals surface area (Å²) in [5.74, 6) is -0.860. The molecular formula is C13H10N4O4S. The minimum absolute atomic E-state index is 0.0501. The molecule has 0 aliphatic carbocycles. The first-order valence-corrected chi connectivity index (χ1v) is 6.78. The van der Waals surface area contributed by atoms with Crippen molar-refractivity contribution < 1.29 is 9.72 Å². The number of amides is 1. The lowest BCUT2D eigenvalue weighted by Gasteiger charge is -2.24. The number of hydrogen-bond acceptors (Lipinski definition) is 5. The lowest BCUT2D eigenvalue weighted by atomic mass is 9.86. The minimum atomic E-state index is -0.707. The molecule has 0 fully saturated rings. The molecule has 112 valence electrons. The molecule has 1 aliphatic rings. The second kappa shape index (κ2) is 5.19. The minimum Gasteiger partial charge on any atom is -0.318 e. The molecule has 3 N–H and O–H groups in total. The number of fused-ring (bicyclic) bond motifs is 1. The number of H-pyrrole nitrogens is 2. The largest absolute Gasteiger partial charge is 0.318 e. The van der Waals surface area contributed by atoms with Crippen LogP contribution < -0.4 is 10.9 Å². The van der Waals surface area contributed by atoms with Crippen molar-refractivity contribution in [3.8, 4) is 0 Å². The molecule has 3 rings (SSSR count). The Kier molecular flexibility index (Phi) is 3.33. The number of nitro groups is 1. The molecule has 0 spiro atoms. The molecule has 1 aromatic carbocycles. The number of benzene rings is 1. The summed E-state index contributed by atoms with van der Waals surface area (Å²) < 4.78 is 0.0762. The summed E-state index contributed by atoms with van der Waals surface area (Å²) in [6, 6.07) is 6.06. The molecule has 2 heterocycles. The number of nitrogens with zero attached hydrogens (tertiary/aromatic N) is 1. The Balaban J connectivity index is 2.27. The van der Waals surface area contributed by atoms with E-state index in [1.165, 1.54) is 12.1 Å². The van der Waals surface area contributed by atoms with E-state index in [-0.39, 0.29) is 34.2 Å². The topological polar surface area (TPSA) is 121 Å². The first kappa shape index (κ1) is 14.1. The Morgan fingerprint density at radius 3 is 2.68 bits per heavy atom. The molecule has 2 aromatic rings. The van der Waals surface area contributed by atoms with Crippen LogP contribution in [0, 0.1) is 14.9 Å². The van der Waals surface area contributed by atoms with Gasteiger partial charge in [-0.3, -0.25) is 24.7 Å². The van der Waals surface area contributed by atoms with Crippen molar-refractivity contribution in [3.05, 3.63) is 60.6 Å². The van der Waals surface area contributed by atoms with Gasteiger partial charge in [-0.1, -0.05) is 18.2 Å². The maximum absolute atomic E-state index is 12.2. The molecule has 0 saturated heterocycles. The van der Waals surface area contributed by atoms with E-state index in [1.54, 1.807) is 12.1 Å². The molecule has 0 radical (unpaired) electrons. The number of nitrogens with one attached hydrogen (secondary N) is 3. The Labute approximate surface area is 128 Å². The Hall–Kier alpha value is -2.81. The number of para-hydroxylation sites is 1. The van der Waals surface area contributed by atoms with Gasteiger partial charge in [-0.05, 0) is 12.2 Å². The van der Waals surface area contributed by atoms with Crippen LogP contribution in [0.4, 0.5) is 11.5 Å². The van der Waals surface area contributed by atoms with Crippen LogP contribution in [0.15, 0.2) is 29.1 Å². The van der Waals surface area contributed by atoms with Crippen LogP contribution in [-0.4, -0.2) is 20.8 Å². The average molecular weight is 318 g/mol. The van der Waals surface area contributed by atoms with E-state index in [4.69, 9.17) is 12.2 Å². The zero-order valence-electron chi connectivity index (χ0n) is 11.1. The van der Waals surface area contributed by atoms with Gasteiger partial charge in [0.25, 0.3) is 11.2 Å². The SMILES string of the molecule is O=C1CC(c2ccccc2[N+](=O)[O-])c2c([nH]c(=S)[nH]c2=O)N1. The standard InChI is InChI=1S/C13H10N4O4S/c18-9-5-7(6-3-1-2-4-8(6)17(20)21)10-11(14-9)15-13(22)16-12(10)19/h1-4,7H,5H2,(H3,14,15,16,18,19,22). The normalized spacial score (nSPS) is 16.7. The third kappa shape index (κ3) is 2.31. The molecule has 1 aromatic heterocycles. The first-order chi connectivity index (χ1) is 10.5. The van der Waals surface area contributed by atoms with Gasteiger partial charge in [-0.15, -0.1) is 0 Å². The summed E-state index contributed by atoms with van der Waals surface area (Å²) in [5.41, 5.74) is -0.0426. The van der Waals surface area contributed by atoms with Crippen molar-refractivity contribution >= 4 is 29.6 Å². The van der Waals surface area contributed by atoms with Crippen LogP contribution >= 0.6 is 12.2 Å². The molecule has 0 bridgehead atoms. The van der Waals surface area contributed by atoms with Crippen LogP contribution in [-0.2, 0) is 4.79 Å². The molecule has 9 heteroatoms. The van der Waals surface area contributed by atoms with Crippen molar-refractivity contribution in [3.63, 3.8) is 0 Å². The van der Waals surface area contributed by atoms with E-state index in [1.807, 2.05) is 0 Å². The fourth-order valence-corrected chi connectivity index (χ4v) is 2.81. The van der Waals surface area contributed by atoms with E-state index >= 15 is 0 Å². The van der Waals surface area contributed by atoms with Gasteiger partial charge in [0.2, 0.25) is 5.91 Å². The van der Waals surface area contributed by atoms with Gasteiger partial charge < -0.3 is 10.3 Å². The highest BCUT2D eigenvalue weighted by Gasteiger charge is 2.33. The highest BCUT2D eigenvalue weighted by atomic mass is 32.1. The molecular weight excluding hydrogens is 308 g/mol.